The second kappa shape index (κ2) is 23.3. The molecule has 28 heteroatoms. The van der Waals surface area contributed by atoms with Crippen molar-refractivity contribution in [2.24, 2.45) is 20.5 Å². The number of carbonyl (C=O) groups excluding carboxylic acids is 2. The number of hydrogen-bond donors (Lipinski definition) is 10. The van der Waals surface area contributed by atoms with E-state index in [0.717, 1.165) is 36.4 Å². The first-order chi connectivity index (χ1) is 35.5. The molecule has 0 aliphatic carbocycles. The fourth-order valence-corrected chi connectivity index (χ4v) is 7.23. The van der Waals surface area contributed by atoms with Gasteiger partial charge in [0.2, 0.25) is 11.6 Å². The van der Waals surface area contributed by atoms with E-state index in [1.165, 1.54) is 13.8 Å². The van der Waals surface area contributed by atoms with Gasteiger partial charge in [0.1, 0.15) is 28.7 Å². The summed E-state index contributed by atoms with van der Waals surface area (Å²) in [6.07, 6.45) is -0.509. The molecule has 0 spiro atoms. The zero-order valence-electron chi connectivity index (χ0n) is 38.8. The van der Waals surface area contributed by atoms with Gasteiger partial charge in [0, 0.05) is 31.7 Å². The zero-order valence-corrected chi connectivity index (χ0v) is 38.8. The van der Waals surface area contributed by atoms with Gasteiger partial charge in [0.15, 0.2) is 11.6 Å². The van der Waals surface area contributed by atoms with Crippen molar-refractivity contribution in [3.63, 3.8) is 0 Å². The lowest BCUT2D eigenvalue weighted by Crippen LogP contribution is -2.31. The van der Waals surface area contributed by atoms with E-state index in [1.807, 2.05) is 0 Å². The summed E-state index contributed by atoms with van der Waals surface area (Å²) in [7, 11) is 0. The maximum atomic E-state index is 13.7. The van der Waals surface area contributed by atoms with Gasteiger partial charge in [0.05, 0.1) is 51.1 Å². The highest BCUT2D eigenvalue weighted by atomic mass is 16.4. The number of hydrogen-bond acceptors (Lipinski definition) is 17. The Morgan fingerprint density at radius 3 is 1.40 bits per heavy atom. The molecule has 5 aromatic rings. The van der Waals surface area contributed by atoms with E-state index >= 15 is 0 Å². The highest BCUT2D eigenvalue weighted by Gasteiger charge is 2.27. The lowest BCUT2D eigenvalue weighted by molar-refractivity contribution is 0.0675. The molecule has 0 aliphatic heterocycles. The number of carboxylic acid groups (broad SMARTS) is 6. The van der Waals surface area contributed by atoms with Crippen LogP contribution in [0.1, 0.15) is 119 Å². The van der Waals surface area contributed by atoms with E-state index in [-0.39, 0.29) is 54.6 Å². The second-order valence-electron chi connectivity index (χ2n) is 15.5. The van der Waals surface area contributed by atoms with Crippen molar-refractivity contribution < 1.29 is 79.2 Å². The molecule has 5 rings (SSSR count). The van der Waals surface area contributed by atoms with E-state index in [4.69, 9.17) is 6.57 Å². The van der Waals surface area contributed by atoms with Gasteiger partial charge in [-0.25, -0.2) is 33.6 Å². The molecule has 0 fully saturated rings. The van der Waals surface area contributed by atoms with Crippen molar-refractivity contribution in [2.45, 2.75) is 46.2 Å². The van der Waals surface area contributed by atoms with E-state index < -0.39 is 151 Å². The molecule has 0 aliphatic rings. The molecule has 0 atom stereocenters. The van der Waals surface area contributed by atoms with E-state index in [1.54, 1.807) is 6.07 Å². The number of benzene rings is 3. The molecule has 10 N–H and O–H groups in total. The number of carboxylic acids is 6. The Bertz CT molecular complexity index is 3560. The van der Waals surface area contributed by atoms with E-state index in [9.17, 15) is 94.1 Å². The number of carbonyl (C=O) groups is 8. The van der Waals surface area contributed by atoms with Crippen LogP contribution in [0.2, 0.25) is 0 Å². The van der Waals surface area contributed by atoms with Crippen LogP contribution >= 0.6 is 0 Å². The summed E-state index contributed by atoms with van der Waals surface area (Å²) in [5.41, 5.74) is -10.0. The van der Waals surface area contributed by atoms with Gasteiger partial charge in [-0.3, -0.25) is 28.3 Å². The van der Waals surface area contributed by atoms with Crippen LogP contribution in [-0.2, 0) is 19.5 Å². The minimum atomic E-state index is -1.78. The number of nitrogens with zero attached hydrogens (tertiary/aromatic N) is 8. The molecule has 28 nitrogen and oxygen atoms in total. The summed E-state index contributed by atoms with van der Waals surface area (Å²) < 4.78 is 1.36. The SMILES string of the molecule is [C-]#[N+]c1c(C)c(N=Nc2cc(C(=O)O)ccc2C(=O)O)c(=O)n(CCCNC(=O)c2cc(C(=O)O)c(C(=O)NCCCn3c(O)c(C#N)c(CC)c(N=Nc4cc(C(=O)O)ccc4C(=O)O)c3=O)cc2C(=O)O)c1O. The Kier molecular flexibility index (Phi) is 17.1. The topological polar surface area (TPSA) is 444 Å². The predicted molar refractivity (Wildman–Crippen MR) is 253 cm³/mol. The zero-order chi connectivity index (χ0) is 55.6. The van der Waals surface area contributed by atoms with Gasteiger partial charge in [-0.05, 0) is 80.3 Å². The number of rotatable bonds is 21. The minimum absolute atomic E-state index is 0.0642. The maximum Gasteiger partial charge on any atom is 0.337 e. The van der Waals surface area contributed by atoms with Crippen molar-refractivity contribution in [1.29, 1.82) is 5.26 Å². The Balaban J connectivity index is 1.33. The van der Waals surface area contributed by atoms with Crippen LogP contribution < -0.4 is 21.8 Å². The first-order valence-corrected chi connectivity index (χ1v) is 21.5. The molecule has 0 radical (unpaired) electrons. The third-order valence-electron chi connectivity index (χ3n) is 11.0. The predicted octanol–water partition coefficient (Wildman–Crippen LogP) is 5.37. The van der Waals surface area contributed by atoms with Gasteiger partial charge in [-0.15, -0.1) is 20.5 Å². The number of aromatic nitrogens is 2. The number of azo groups is 2. The van der Waals surface area contributed by atoms with Gasteiger partial charge < -0.3 is 51.5 Å². The number of aromatic carboxylic acids is 6. The second-order valence-corrected chi connectivity index (χ2v) is 15.5. The van der Waals surface area contributed by atoms with E-state index in [0.29, 0.717) is 21.3 Å². The molecular weight excluding hydrogens is 993 g/mol. The Morgan fingerprint density at radius 1 is 0.600 bits per heavy atom. The lowest BCUT2D eigenvalue weighted by Gasteiger charge is -2.15. The molecule has 2 heterocycles. The molecule has 3 aromatic carbocycles. The quantitative estimate of drug-likeness (QED) is 0.0251. The summed E-state index contributed by atoms with van der Waals surface area (Å²) >= 11 is 0. The highest BCUT2D eigenvalue weighted by Crippen LogP contribution is 2.35. The minimum Gasteiger partial charge on any atom is -0.503 e. The number of aromatic hydroxyl groups is 2. The smallest absolute Gasteiger partial charge is 0.337 e. The van der Waals surface area contributed by atoms with E-state index in [2.05, 4.69) is 35.9 Å². The van der Waals surface area contributed by atoms with Crippen LogP contribution in [-0.4, -0.2) is 111 Å². The molecule has 2 aromatic heterocycles. The van der Waals surface area contributed by atoms with Crippen LogP contribution in [0.3, 0.4) is 0 Å². The third-order valence-corrected chi connectivity index (χ3v) is 11.0. The number of nitrogens with one attached hydrogen (secondary N) is 2. The molecule has 384 valence electrons. The third kappa shape index (κ3) is 11.8. The molecule has 75 heavy (non-hydrogen) atoms. The largest absolute Gasteiger partial charge is 0.503 e. The average Bonchev–Trinajstić information content (AvgIpc) is 3.36. The van der Waals surface area contributed by atoms with Gasteiger partial charge in [-0.2, -0.15) is 5.26 Å². The molecule has 0 saturated heterocycles. The Morgan fingerprint density at radius 2 is 1.01 bits per heavy atom. The normalized spacial score (nSPS) is 10.9. The van der Waals surface area contributed by atoms with Gasteiger partial charge >= 0.3 is 35.8 Å². The lowest BCUT2D eigenvalue weighted by atomic mass is 9.97. The van der Waals surface area contributed by atoms with Crippen molar-refractivity contribution >= 4 is 76.1 Å². The monoisotopic (exact) mass is 1030 g/mol. The Hall–Kier alpha value is -10.9. The van der Waals surface area contributed by atoms with Crippen LogP contribution in [0.5, 0.6) is 11.8 Å². The first-order valence-electron chi connectivity index (χ1n) is 21.5. The molecule has 0 bridgehead atoms. The van der Waals surface area contributed by atoms with Gasteiger partial charge in [-0.1, -0.05) is 6.92 Å². The number of amides is 2. The summed E-state index contributed by atoms with van der Waals surface area (Å²) in [6, 6.07) is 8.69. The van der Waals surface area contributed by atoms with Crippen LogP contribution in [0.4, 0.5) is 28.4 Å². The number of pyridine rings is 2. The maximum absolute atomic E-state index is 13.7. The van der Waals surface area contributed by atoms with Crippen LogP contribution in [0.15, 0.2) is 78.6 Å². The summed E-state index contributed by atoms with van der Waals surface area (Å²) in [6.45, 7) is 8.62. The van der Waals surface area contributed by atoms with Crippen molar-refractivity contribution in [3.05, 3.63) is 142 Å². The Labute approximate surface area is 418 Å². The van der Waals surface area contributed by atoms with Crippen LogP contribution in [0, 0.1) is 24.8 Å². The number of nitriles is 1. The molecular formula is C47H38N10O18. The van der Waals surface area contributed by atoms with Gasteiger partial charge in [0.25, 0.3) is 22.9 Å². The van der Waals surface area contributed by atoms with Crippen molar-refractivity contribution in [2.75, 3.05) is 13.1 Å². The first kappa shape index (κ1) is 55.0. The molecule has 0 unspecified atom stereocenters. The molecule has 2 amide bonds. The summed E-state index contributed by atoms with van der Waals surface area (Å²) in [5.74, 6) is -13.4. The fourth-order valence-electron chi connectivity index (χ4n) is 7.23. The highest BCUT2D eigenvalue weighted by molar-refractivity contribution is 6.12. The van der Waals surface area contributed by atoms with Crippen LogP contribution in [0.25, 0.3) is 4.85 Å². The van der Waals surface area contributed by atoms with Crippen molar-refractivity contribution in [3.8, 4) is 17.8 Å². The fraction of sp³-hybridized carbons (Fsp3) is 0.191. The summed E-state index contributed by atoms with van der Waals surface area (Å²) in [5, 5.41) is 109. The van der Waals surface area contributed by atoms with Crippen molar-refractivity contribution in [1.82, 2.24) is 19.8 Å². The standard InChI is InChI=1S/C47H38N10O18/c1-4-23-30(19-48)38(60)56(41(63)35(23)55-53-32-16-22(43(66)67)8-10-25(32)45(70)71)13-5-11-50-36(58)26-17-29(47(74)75)27(18-28(26)46(72)73)37(59)51-12-6-14-57-39(61)33(49-3)20(2)34(40(57)62)54-52-31-15-21(42(64)65)7-9-24(31)44(68)69/h7-10,15-18,60-61H,4-6,11-14H2,1-2H3,(H,50,58)(H,51,59)(H,64,65)(H,66,67)(H,68,69)(H,70,71)(H,72,73)(H,74,75). The average molecular weight is 1030 g/mol. The summed E-state index contributed by atoms with van der Waals surface area (Å²) in [4.78, 5) is 129. The molecule has 0 saturated carbocycles.